The number of fused-ring (bicyclic) bond motifs is 2. The fraction of sp³-hybridized carbons (Fsp3) is 0.167. The van der Waals surface area contributed by atoms with Crippen LogP contribution in [0.3, 0.4) is 0 Å². The number of Topliss-reactive ketones (excluding diaryl/α,β-unsaturated/α-hetero) is 1. The van der Waals surface area contributed by atoms with E-state index in [4.69, 9.17) is 9.47 Å². The van der Waals surface area contributed by atoms with Crippen molar-refractivity contribution >= 4 is 33.9 Å². The third kappa shape index (κ3) is 7.41. The van der Waals surface area contributed by atoms with Crippen LogP contribution in [0.5, 0.6) is 11.5 Å². The smallest absolute Gasteiger partial charge is 1.00 e. The minimum atomic E-state index is -3.84. The van der Waals surface area contributed by atoms with Gasteiger partial charge in [-0.05, 0) is 66.7 Å². The van der Waals surface area contributed by atoms with Crippen LogP contribution >= 0.6 is 0 Å². The molecule has 0 spiro atoms. The first-order valence-corrected chi connectivity index (χ1v) is 15.7. The molecule has 0 aliphatic carbocycles. The van der Waals surface area contributed by atoms with Gasteiger partial charge in [0, 0.05) is 26.8 Å². The van der Waals surface area contributed by atoms with E-state index in [-0.39, 0.29) is 83.5 Å². The minimum Gasteiger partial charge on any atom is -1.00 e. The summed E-state index contributed by atoms with van der Waals surface area (Å²) in [6, 6.07) is 18.0. The summed E-state index contributed by atoms with van der Waals surface area (Å²) in [5.41, 5.74) is 0.943. The largest absolute Gasteiger partial charge is 1.00 e. The number of aliphatic hydroxyl groups is 1. The topological polar surface area (TPSA) is 124 Å². The molecule has 6 rings (SSSR count). The van der Waals surface area contributed by atoms with Gasteiger partial charge in [-0.1, -0.05) is 18.2 Å². The second-order valence-corrected chi connectivity index (χ2v) is 13.4. The predicted molar refractivity (Wildman–Crippen MR) is 153 cm³/mol. The molecule has 223 valence electrons. The summed E-state index contributed by atoms with van der Waals surface area (Å²) in [6.07, 6.45) is 0.103. The van der Waals surface area contributed by atoms with Crippen LogP contribution in [0.15, 0.2) is 105 Å². The fourth-order valence-electron chi connectivity index (χ4n) is 4.47. The SMILES string of the molecule is O=C1CCOc2cc(S(=O)(=O)c3cccc(F)c3)ccc21.O=S(=O)(c1cccc(F)c1)c1ccc2c(c1)OCCC2O.[B].[H-].[Na+]. The summed E-state index contributed by atoms with van der Waals surface area (Å²) in [7, 11) is -7.66. The molecule has 0 bridgehead atoms. The Morgan fingerprint density at radius 3 is 1.77 bits per heavy atom. The number of carbonyl (C=O) groups excluding carboxylic acids is 1. The molecule has 0 fully saturated rings. The van der Waals surface area contributed by atoms with Crippen LogP contribution in [0.25, 0.3) is 0 Å². The summed E-state index contributed by atoms with van der Waals surface area (Å²) in [4.78, 5) is 11.4. The normalized spacial score (nSPS) is 15.4. The summed E-state index contributed by atoms with van der Waals surface area (Å²) < 4.78 is 87.0. The van der Waals surface area contributed by atoms with E-state index in [1.165, 1.54) is 72.8 Å². The Labute approximate surface area is 279 Å². The van der Waals surface area contributed by atoms with Crippen LogP contribution in [0, 0.1) is 11.6 Å². The van der Waals surface area contributed by atoms with Gasteiger partial charge < -0.3 is 16.0 Å². The average Bonchev–Trinajstić information content (AvgIpc) is 2.97. The number of carbonyl (C=O) groups is 1. The number of benzene rings is 4. The fourth-order valence-corrected chi connectivity index (χ4v) is 7.08. The molecule has 4 aromatic rings. The van der Waals surface area contributed by atoms with Crippen molar-refractivity contribution < 1.29 is 76.0 Å². The standard InChI is InChI=1S/C15H13FO4S.C15H11FO4S.B.Na.H/c2*16-10-2-1-3-11(8-10)21(18,19)12-4-5-13-14(17)6-7-20-15(13)9-12;;;/h1-5,8-9,14,17H,6-7H2;1-5,8-9H,6-7H2;;;/q;;;+1;-1. The van der Waals surface area contributed by atoms with Gasteiger partial charge in [-0.3, -0.25) is 4.79 Å². The zero-order valence-corrected chi connectivity index (χ0v) is 27.1. The van der Waals surface area contributed by atoms with E-state index in [1.54, 1.807) is 0 Å². The second kappa shape index (κ2) is 14.4. The van der Waals surface area contributed by atoms with E-state index < -0.39 is 37.4 Å². The summed E-state index contributed by atoms with van der Waals surface area (Å²) in [6.45, 7) is 0.562. The number of hydrogen-bond acceptors (Lipinski definition) is 8. The van der Waals surface area contributed by atoms with Crippen LogP contribution in [0.1, 0.15) is 36.3 Å². The number of rotatable bonds is 4. The second-order valence-electron chi connectivity index (χ2n) is 9.45. The monoisotopic (exact) mass is 649 g/mol. The van der Waals surface area contributed by atoms with Crippen LogP contribution in [0.2, 0.25) is 0 Å². The van der Waals surface area contributed by atoms with Crippen molar-refractivity contribution in [1.29, 1.82) is 0 Å². The van der Waals surface area contributed by atoms with Gasteiger partial charge in [-0.15, -0.1) is 0 Å². The Morgan fingerprint density at radius 2 is 1.20 bits per heavy atom. The zero-order chi connectivity index (χ0) is 30.1. The number of hydrogen-bond donors (Lipinski definition) is 1. The molecule has 1 unspecified atom stereocenters. The van der Waals surface area contributed by atoms with Gasteiger partial charge in [0.25, 0.3) is 0 Å². The Kier molecular flexibility index (Phi) is 11.6. The van der Waals surface area contributed by atoms with Gasteiger partial charge >= 0.3 is 29.6 Å². The molecule has 0 saturated carbocycles. The molecule has 2 aliphatic heterocycles. The molecule has 44 heavy (non-hydrogen) atoms. The molecule has 0 saturated heterocycles. The third-order valence-corrected chi connectivity index (χ3v) is 10.2. The van der Waals surface area contributed by atoms with E-state index in [1.807, 2.05) is 0 Å². The van der Waals surface area contributed by atoms with E-state index in [9.17, 15) is 35.5 Å². The molecule has 4 aromatic carbocycles. The quantitative estimate of drug-likeness (QED) is 0.333. The maximum Gasteiger partial charge on any atom is 1.00 e. The van der Waals surface area contributed by atoms with Crippen molar-refractivity contribution in [2.24, 2.45) is 0 Å². The molecular formula is C30H25BF2NaO8S2. The first kappa shape index (κ1) is 35.4. The van der Waals surface area contributed by atoms with E-state index in [0.717, 1.165) is 12.1 Å². The molecule has 0 amide bonds. The molecule has 3 radical (unpaired) electrons. The first-order valence-electron chi connectivity index (χ1n) is 12.7. The Bertz CT molecular complexity index is 1910. The van der Waals surface area contributed by atoms with Crippen molar-refractivity contribution in [3.05, 3.63) is 108 Å². The van der Waals surface area contributed by atoms with Gasteiger partial charge in [-0.25, -0.2) is 25.6 Å². The minimum absolute atomic E-state index is 0. The van der Waals surface area contributed by atoms with Gasteiger partial charge in [0.2, 0.25) is 19.7 Å². The molecule has 14 heteroatoms. The molecule has 0 aromatic heterocycles. The zero-order valence-electron chi connectivity index (χ0n) is 24.4. The van der Waals surface area contributed by atoms with Crippen LogP contribution in [0.4, 0.5) is 8.78 Å². The number of aliphatic hydroxyl groups excluding tert-OH is 1. The van der Waals surface area contributed by atoms with Crippen molar-refractivity contribution in [1.82, 2.24) is 0 Å². The molecule has 1 atom stereocenters. The van der Waals surface area contributed by atoms with Gasteiger partial charge in [0.1, 0.15) is 23.1 Å². The van der Waals surface area contributed by atoms with Gasteiger partial charge in [0.15, 0.2) is 5.78 Å². The van der Waals surface area contributed by atoms with Crippen molar-refractivity contribution in [2.45, 2.75) is 38.5 Å². The summed E-state index contributed by atoms with van der Waals surface area (Å²) >= 11 is 0. The van der Waals surface area contributed by atoms with Crippen molar-refractivity contribution in [3.63, 3.8) is 0 Å². The molecular weight excluding hydrogens is 624 g/mol. The molecule has 1 N–H and O–H groups in total. The van der Waals surface area contributed by atoms with E-state index in [2.05, 4.69) is 0 Å². The maximum atomic E-state index is 13.2. The first-order chi connectivity index (χ1) is 20.0. The van der Waals surface area contributed by atoms with Crippen LogP contribution < -0.4 is 39.0 Å². The number of sulfone groups is 2. The number of ether oxygens (including phenoxy) is 2. The Hall–Kier alpha value is -3.07. The average molecular weight is 649 g/mol. The molecule has 2 heterocycles. The van der Waals surface area contributed by atoms with Crippen LogP contribution in [-0.2, 0) is 19.7 Å². The van der Waals surface area contributed by atoms with E-state index in [0.29, 0.717) is 29.9 Å². The predicted octanol–water partition coefficient (Wildman–Crippen LogP) is 1.83. The van der Waals surface area contributed by atoms with Crippen LogP contribution in [-0.4, -0.2) is 49.4 Å². The third-order valence-electron chi connectivity index (χ3n) is 6.67. The summed E-state index contributed by atoms with van der Waals surface area (Å²) in [5.74, 6) is -0.706. The maximum absolute atomic E-state index is 13.2. The molecule has 8 nitrogen and oxygen atoms in total. The summed E-state index contributed by atoms with van der Waals surface area (Å²) in [5, 5.41) is 9.83. The van der Waals surface area contributed by atoms with E-state index >= 15 is 0 Å². The Morgan fingerprint density at radius 1 is 0.705 bits per heavy atom. The van der Waals surface area contributed by atoms with Crippen molar-refractivity contribution in [3.8, 4) is 11.5 Å². The van der Waals surface area contributed by atoms with Crippen molar-refractivity contribution in [2.75, 3.05) is 13.2 Å². The number of halogens is 2. The van der Waals surface area contributed by atoms with Gasteiger partial charge in [0.05, 0.1) is 44.5 Å². The number of ketones is 1. The Balaban J connectivity index is 0.000000294. The molecule has 2 aliphatic rings. The van der Waals surface area contributed by atoms with Gasteiger partial charge in [-0.2, -0.15) is 0 Å².